The van der Waals surface area contributed by atoms with E-state index in [0.717, 1.165) is 38.2 Å². The molecule has 108 valence electrons. The van der Waals surface area contributed by atoms with Crippen molar-refractivity contribution in [2.24, 2.45) is 5.92 Å². The van der Waals surface area contributed by atoms with Crippen molar-refractivity contribution in [3.05, 3.63) is 24.3 Å². The van der Waals surface area contributed by atoms with Gasteiger partial charge in [0.15, 0.2) is 0 Å². The van der Waals surface area contributed by atoms with Crippen molar-refractivity contribution in [1.29, 1.82) is 0 Å². The molecule has 0 amide bonds. The van der Waals surface area contributed by atoms with Gasteiger partial charge in [0.2, 0.25) is 0 Å². The first-order valence-corrected chi connectivity index (χ1v) is 7.57. The maximum atomic E-state index is 11.1. The third kappa shape index (κ3) is 2.74. The molecule has 0 saturated carbocycles. The average Bonchev–Trinajstić information content (AvgIpc) is 3.02. The Morgan fingerprint density at radius 2 is 1.50 bits per heavy atom. The number of carboxylic acids is 1. The van der Waals surface area contributed by atoms with E-state index in [1.165, 1.54) is 18.5 Å². The summed E-state index contributed by atoms with van der Waals surface area (Å²) in [7, 11) is 0. The molecular weight excluding hydrogens is 252 g/mol. The van der Waals surface area contributed by atoms with Crippen molar-refractivity contribution >= 4 is 17.3 Å². The summed E-state index contributed by atoms with van der Waals surface area (Å²) in [6.45, 7) is 3.92. The first-order chi connectivity index (χ1) is 9.74. The SMILES string of the molecule is O=C(O)C1CCCN(c2ccc(N3CCCC3)cc2)C1. The summed E-state index contributed by atoms with van der Waals surface area (Å²) >= 11 is 0. The Kier molecular flexibility index (Phi) is 3.81. The first kappa shape index (κ1) is 13.3. The van der Waals surface area contributed by atoms with Crippen molar-refractivity contribution in [2.45, 2.75) is 25.7 Å². The fourth-order valence-electron chi connectivity index (χ4n) is 3.26. The summed E-state index contributed by atoms with van der Waals surface area (Å²) in [6, 6.07) is 8.62. The predicted molar refractivity (Wildman–Crippen MR) is 80.5 cm³/mol. The Balaban J connectivity index is 1.69. The molecule has 2 aliphatic rings. The lowest BCUT2D eigenvalue weighted by Gasteiger charge is -2.32. The van der Waals surface area contributed by atoms with Crippen LogP contribution in [0, 0.1) is 5.92 Å². The monoisotopic (exact) mass is 274 g/mol. The van der Waals surface area contributed by atoms with E-state index >= 15 is 0 Å². The topological polar surface area (TPSA) is 43.8 Å². The summed E-state index contributed by atoms with van der Waals surface area (Å²) in [4.78, 5) is 15.7. The molecule has 1 aromatic rings. The van der Waals surface area contributed by atoms with Crippen LogP contribution in [0.25, 0.3) is 0 Å². The van der Waals surface area contributed by atoms with Crippen molar-refractivity contribution < 1.29 is 9.90 Å². The van der Waals surface area contributed by atoms with Gasteiger partial charge in [0.1, 0.15) is 0 Å². The van der Waals surface area contributed by atoms with Crippen LogP contribution in [0.15, 0.2) is 24.3 Å². The minimum absolute atomic E-state index is 0.220. The van der Waals surface area contributed by atoms with E-state index < -0.39 is 5.97 Å². The number of benzene rings is 1. The minimum atomic E-state index is -0.664. The molecule has 2 saturated heterocycles. The number of piperidine rings is 1. The summed E-state index contributed by atoms with van der Waals surface area (Å²) in [5.74, 6) is -0.884. The fraction of sp³-hybridized carbons (Fsp3) is 0.562. The van der Waals surface area contributed by atoms with Gasteiger partial charge >= 0.3 is 5.97 Å². The minimum Gasteiger partial charge on any atom is -0.481 e. The summed E-state index contributed by atoms with van der Waals surface area (Å²) in [5, 5.41) is 9.16. The zero-order valence-electron chi connectivity index (χ0n) is 11.8. The Hall–Kier alpha value is -1.71. The summed E-state index contributed by atoms with van der Waals surface area (Å²) in [5.41, 5.74) is 2.44. The molecule has 0 bridgehead atoms. The molecule has 3 rings (SSSR count). The second-order valence-electron chi connectivity index (χ2n) is 5.83. The smallest absolute Gasteiger partial charge is 0.308 e. The molecule has 2 fully saturated rings. The van der Waals surface area contributed by atoms with Crippen LogP contribution < -0.4 is 9.80 Å². The van der Waals surface area contributed by atoms with Gasteiger partial charge in [-0.1, -0.05) is 0 Å². The van der Waals surface area contributed by atoms with Crippen LogP contribution in [-0.4, -0.2) is 37.3 Å². The largest absolute Gasteiger partial charge is 0.481 e. The third-order valence-electron chi connectivity index (χ3n) is 4.46. The number of nitrogens with zero attached hydrogens (tertiary/aromatic N) is 2. The average molecular weight is 274 g/mol. The lowest BCUT2D eigenvalue weighted by atomic mass is 9.98. The lowest BCUT2D eigenvalue weighted by Crippen LogP contribution is -2.38. The van der Waals surface area contributed by atoms with Crippen LogP contribution in [0.3, 0.4) is 0 Å². The van der Waals surface area contributed by atoms with Gasteiger partial charge in [0, 0.05) is 37.6 Å². The maximum Gasteiger partial charge on any atom is 0.308 e. The van der Waals surface area contributed by atoms with Crippen molar-refractivity contribution in [3.8, 4) is 0 Å². The molecule has 1 atom stereocenters. The highest BCUT2D eigenvalue weighted by Crippen LogP contribution is 2.27. The van der Waals surface area contributed by atoms with E-state index in [4.69, 9.17) is 5.11 Å². The van der Waals surface area contributed by atoms with E-state index in [0.29, 0.717) is 6.54 Å². The Bertz CT molecular complexity index is 466. The normalized spacial score (nSPS) is 23.1. The fourth-order valence-corrected chi connectivity index (χ4v) is 3.26. The van der Waals surface area contributed by atoms with Crippen LogP contribution >= 0.6 is 0 Å². The number of carbonyl (C=O) groups is 1. The summed E-state index contributed by atoms with van der Waals surface area (Å²) in [6.07, 6.45) is 4.34. The van der Waals surface area contributed by atoms with E-state index in [9.17, 15) is 4.79 Å². The second-order valence-corrected chi connectivity index (χ2v) is 5.83. The van der Waals surface area contributed by atoms with E-state index in [-0.39, 0.29) is 5.92 Å². The molecule has 4 heteroatoms. The molecule has 4 nitrogen and oxygen atoms in total. The standard InChI is InChI=1S/C16H22N2O2/c19-16(20)13-4-3-11-18(12-13)15-7-5-14(6-8-15)17-9-1-2-10-17/h5-8,13H,1-4,9-12H2,(H,19,20). The molecule has 0 spiro atoms. The van der Waals surface area contributed by atoms with E-state index in [2.05, 4.69) is 34.1 Å². The van der Waals surface area contributed by atoms with Gasteiger partial charge in [-0.15, -0.1) is 0 Å². The molecule has 1 unspecified atom stereocenters. The number of hydrogen-bond acceptors (Lipinski definition) is 3. The maximum absolute atomic E-state index is 11.1. The van der Waals surface area contributed by atoms with Crippen LogP contribution in [-0.2, 0) is 4.79 Å². The number of aliphatic carboxylic acids is 1. The number of carboxylic acid groups (broad SMARTS) is 1. The predicted octanol–water partition coefficient (Wildman–Crippen LogP) is 2.59. The molecule has 1 N–H and O–H groups in total. The highest BCUT2D eigenvalue weighted by molar-refractivity contribution is 5.71. The van der Waals surface area contributed by atoms with E-state index in [1.807, 2.05) is 0 Å². The highest BCUT2D eigenvalue weighted by Gasteiger charge is 2.25. The first-order valence-electron chi connectivity index (χ1n) is 7.57. The molecular formula is C16H22N2O2. The van der Waals surface area contributed by atoms with Crippen LogP contribution in [0.4, 0.5) is 11.4 Å². The molecule has 0 aliphatic carbocycles. The van der Waals surface area contributed by atoms with Gasteiger partial charge in [-0.25, -0.2) is 0 Å². The second kappa shape index (κ2) is 5.73. The van der Waals surface area contributed by atoms with Crippen LogP contribution in [0.2, 0.25) is 0 Å². The molecule has 1 aromatic carbocycles. The Morgan fingerprint density at radius 1 is 0.950 bits per heavy atom. The van der Waals surface area contributed by atoms with Crippen LogP contribution in [0.5, 0.6) is 0 Å². The zero-order valence-corrected chi connectivity index (χ0v) is 11.8. The Morgan fingerprint density at radius 3 is 2.10 bits per heavy atom. The molecule has 2 heterocycles. The zero-order chi connectivity index (χ0) is 13.9. The molecule has 20 heavy (non-hydrogen) atoms. The van der Waals surface area contributed by atoms with Crippen molar-refractivity contribution in [1.82, 2.24) is 0 Å². The van der Waals surface area contributed by atoms with Gasteiger partial charge in [0.25, 0.3) is 0 Å². The van der Waals surface area contributed by atoms with Crippen molar-refractivity contribution in [2.75, 3.05) is 36.0 Å². The van der Waals surface area contributed by atoms with E-state index in [1.54, 1.807) is 0 Å². The molecule has 0 aromatic heterocycles. The van der Waals surface area contributed by atoms with Gasteiger partial charge in [-0.2, -0.15) is 0 Å². The molecule has 0 radical (unpaired) electrons. The lowest BCUT2D eigenvalue weighted by molar-refractivity contribution is -0.141. The van der Waals surface area contributed by atoms with Crippen LogP contribution in [0.1, 0.15) is 25.7 Å². The summed E-state index contributed by atoms with van der Waals surface area (Å²) < 4.78 is 0. The number of anilines is 2. The van der Waals surface area contributed by atoms with Gasteiger partial charge in [-0.3, -0.25) is 4.79 Å². The van der Waals surface area contributed by atoms with Gasteiger partial charge in [-0.05, 0) is 49.9 Å². The number of rotatable bonds is 3. The Labute approximate surface area is 120 Å². The van der Waals surface area contributed by atoms with Crippen molar-refractivity contribution in [3.63, 3.8) is 0 Å². The third-order valence-corrected chi connectivity index (χ3v) is 4.46. The van der Waals surface area contributed by atoms with Gasteiger partial charge < -0.3 is 14.9 Å². The highest BCUT2D eigenvalue weighted by atomic mass is 16.4. The quantitative estimate of drug-likeness (QED) is 0.920. The number of hydrogen-bond donors (Lipinski definition) is 1. The van der Waals surface area contributed by atoms with Gasteiger partial charge in [0.05, 0.1) is 5.92 Å². The molecule has 2 aliphatic heterocycles.